The van der Waals surface area contributed by atoms with E-state index < -0.39 is 17.5 Å². The Labute approximate surface area is 167 Å². The Morgan fingerprint density at radius 3 is 2.59 bits per heavy atom. The number of hydrogen-bond donors (Lipinski definition) is 1. The molecule has 1 aliphatic carbocycles. The molecule has 1 saturated carbocycles. The van der Waals surface area contributed by atoms with E-state index >= 15 is 0 Å². The lowest BCUT2D eigenvalue weighted by Gasteiger charge is -2.34. The highest BCUT2D eigenvalue weighted by Gasteiger charge is 2.36. The van der Waals surface area contributed by atoms with E-state index in [1.54, 1.807) is 0 Å². The summed E-state index contributed by atoms with van der Waals surface area (Å²) >= 11 is 1.10. The molecular weight excluding hydrogens is 407 g/mol. The van der Waals surface area contributed by atoms with Crippen molar-refractivity contribution >= 4 is 22.4 Å². The summed E-state index contributed by atoms with van der Waals surface area (Å²) in [5.41, 5.74) is 0. The van der Waals surface area contributed by atoms with Crippen LogP contribution in [0.3, 0.4) is 0 Å². The molecule has 1 N–H and O–H groups in total. The van der Waals surface area contributed by atoms with Gasteiger partial charge < -0.3 is 14.8 Å². The van der Waals surface area contributed by atoms with Crippen LogP contribution in [0, 0.1) is 23.4 Å². The predicted octanol–water partition coefficient (Wildman–Crippen LogP) is 4.54. The fraction of sp³-hybridized carbons (Fsp3) is 0.211. The lowest BCUT2D eigenvalue weighted by Crippen LogP contribution is -2.40. The second kappa shape index (κ2) is 8.08. The minimum absolute atomic E-state index is 0.0358. The Hall–Kier alpha value is -3.14. The van der Waals surface area contributed by atoms with Gasteiger partial charge in [-0.25, -0.2) is 23.1 Å². The molecule has 10 heteroatoms. The van der Waals surface area contributed by atoms with Crippen molar-refractivity contribution in [2.45, 2.75) is 18.9 Å². The topological polar surface area (TPSA) is 73.3 Å². The van der Waals surface area contributed by atoms with Crippen molar-refractivity contribution in [2.75, 3.05) is 5.32 Å². The fourth-order valence-corrected chi connectivity index (χ4v) is 3.40. The zero-order valence-electron chi connectivity index (χ0n) is 14.8. The molecule has 0 bridgehead atoms. The Bertz CT molecular complexity index is 1020. The molecule has 0 saturated heterocycles. The van der Waals surface area contributed by atoms with Crippen molar-refractivity contribution < 1.29 is 27.4 Å². The summed E-state index contributed by atoms with van der Waals surface area (Å²) in [6.07, 6.45) is 2.97. The van der Waals surface area contributed by atoms with E-state index in [1.165, 1.54) is 24.4 Å². The SMILES string of the molecule is O=C(Nc1ncc(Oc2ccc(F)cn2)s1)C1CC(Oc2ccc(F)cc2F)C1. The Morgan fingerprint density at radius 1 is 1.07 bits per heavy atom. The van der Waals surface area contributed by atoms with Crippen LogP contribution >= 0.6 is 11.3 Å². The van der Waals surface area contributed by atoms with Gasteiger partial charge in [0.25, 0.3) is 0 Å². The number of ether oxygens (including phenoxy) is 2. The van der Waals surface area contributed by atoms with E-state index in [4.69, 9.17) is 9.47 Å². The summed E-state index contributed by atoms with van der Waals surface area (Å²) in [6.45, 7) is 0. The number of hydrogen-bond acceptors (Lipinski definition) is 6. The average Bonchev–Trinajstić information content (AvgIpc) is 3.08. The Kier molecular flexibility index (Phi) is 5.34. The summed E-state index contributed by atoms with van der Waals surface area (Å²) in [7, 11) is 0. The third kappa shape index (κ3) is 4.65. The molecule has 0 spiro atoms. The van der Waals surface area contributed by atoms with Gasteiger partial charge in [-0.1, -0.05) is 11.3 Å². The summed E-state index contributed by atoms with van der Waals surface area (Å²) < 4.78 is 50.3. The first-order valence-corrected chi connectivity index (χ1v) is 9.46. The number of carbonyl (C=O) groups is 1. The average molecular weight is 421 g/mol. The highest BCUT2D eigenvalue weighted by Crippen LogP contribution is 2.35. The highest BCUT2D eigenvalue weighted by atomic mass is 32.1. The van der Waals surface area contributed by atoms with Gasteiger partial charge in [0.15, 0.2) is 16.7 Å². The van der Waals surface area contributed by atoms with Gasteiger partial charge in [0, 0.05) is 18.1 Å². The van der Waals surface area contributed by atoms with Crippen LogP contribution in [-0.4, -0.2) is 22.0 Å². The summed E-state index contributed by atoms with van der Waals surface area (Å²) in [5, 5.41) is 3.43. The Balaban J connectivity index is 1.26. The number of pyridine rings is 1. The molecule has 0 atom stereocenters. The number of halogens is 3. The summed E-state index contributed by atoms with van der Waals surface area (Å²) in [6, 6.07) is 5.70. The Morgan fingerprint density at radius 2 is 1.86 bits per heavy atom. The molecule has 1 aliphatic rings. The van der Waals surface area contributed by atoms with Crippen molar-refractivity contribution in [3.05, 3.63) is 60.2 Å². The van der Waals surface area contributed by atoms with Gasteiger partial charge in [-0.05, 0) is 31.0 Å². The minimum atomic E-state index is -0.774. The van der Waals surface area contributed by atoms with Gasteiger partial charge in [0.2, 0.25) is 16.9 Å². The van der Waals surface area contributed by atoms with Crippen LogP contribution in [0.15, 0.2) is 42.7 Å². The maximum absolute atomic E-state index is 13.6. The van der Waals surface area contributed by atoms with Crippen molar-refractivity contribution in [1.82, 2.24) is 9.97 Å². The summed E-state index contributed by atoms with van der Waals surface area (Å²) in [5.74, 6) is -2.28. The molecule has 150 valence electrons. The fourth-order valence-electron chi connectivity index (χ4n) is 2.72. The van der Waals surface area contributed by atoms with E-state index in [0.717, 1.165) is 29.7 Å². The zero-order valence-corrected chi connectivity index (χ0v) is 15.6. The monoisotopic (exact) mass is 421 g/mol. The van der Waals surface area contributed by atoms with Crippen molar-refractivity contribution in [3.8, 4) is 16.7 Å². The quantitative estimate of drug-likeness (QED) is 0.633. The van der Waals surface area contributed by atoms with E-state index in [-0.39, 0.29) is 29.6 Å². The molecule has 3 aromatic rings. The van der Waals surface area contributed by atoms with Gasteiger partial charge in [0.1, 0.15) is 17.7 Å². The number of benzene rings is 1. The van der Waals surface area contributed by atoms with Gasteiger partial charge >= 0.3 is 0 Å². The summed E-state index contributed by atoms with van der Waals surface area (Å²) in [4.78, 5) is 20.1. The minimum Gasteiger partial charge on any atom is -0.487 e. The van der Waals surface area contributed by atoms with Crippen LogP contribution < -0.4 is 14.8 Å². The van der Waals surface area contributed by atoms with Gasteiger partial charge in [-0.2, -0.15) is 0 Å². The smallest absolute Gasteiger partial charge is 0.229 e. The van der Waals surface area contributed by atoms with E-state index in [0.29, 0.717) is 23.0 Å². The van der Waals surface area contributed by atoms with Crippen LogP contribution in [-0.2, 0) is 4.79 Å². The zero-order chi connectivity index (χ0) is 20.4. The molecule has 0 aliphatic heterocycles. The molecule has 1 aromatic carbocycles. The lowest BCUT2D eigenvalue weighted by atomic mass is 9.81. The highest BCUT2D eigenvalue weighted by molar-refractivity contribution is 7.17. The number of anilines is 1. The van der Waals surface area contributed by atoms with E-state index in [2.05, 4.69) is 15.3 Å². The number of nitrogens with zero attached hydrogens (tertiary/aromatic N) is 2. The first-order chi connectivity index (χ1) is 14.0. The molecule has 0 unspecified atom stereocenters. The number of carbonyl (C=O) groups excluding carboxylic acids is 1. The maximum atomic E-state index is 13.6. The van der Waals surface area contributed by atoms with Crippen molar-refractivity contribution in [1.29, 1.82) is 0 Å². The standard InChI is InChI=1S/C19H14F3N3O3S/c20-11-1-3-15(14(22)7-11)27-13-5-10(6-13)18(26)25-19-24-9-17(29-19)28-16-4-2-12(21)8-23-16/h1-4,7-10,13H,5-6H2,(H,24,25,26). The number of thiazole rings is 1. The molecular formula is C19H14F3N3O3S. The molecule has 6 nitrogen and oxygen atoms in total. The third-order valence-corrected chi connectivity index (χ3v) is 5.06. The molecule has 4 rings (SSSR count). The van der Waals surface area contributed by atoms with Crippen molar-refractivity contribution in [3.63, 3.8) is 0 Å². The van der Waals surface area contributed by atoms with Gasteiger partial charge in [0.05, 0.1) is 12.4 Å². The normalized spacial score (nSPS) is 18.0. The number of aromatic nitrogens is 2. The largest absolute Gasteiger partial charge is 0.487 e. The van der Waals surface area contributed by atoms with E-state index in [9.17, 15) is 18.0 Å². The number of amides is 1. The molecule has 1 fully saturated rings. The lowest BCUT2D eigenvalue weighted by molar-refractivity contribution is -0.125. The third-order valence-electron chi connectivity index (χ3n) is 4.27. The van der Waals surface area contributed by atoms with Crippen LogP contribution in [0.4, 0.5) is 18.3 Å². The first kappa shape index (κ1) is 19.2. The van der Waals surface area contributed by atoms with Crippen molar-refractivity contribution in [2.24, 2.45) is 5.92 Å². The van der Waals surface area contributed by atoms with Crippen LogP contribution in [0.5, 0.6) is 16.7 Å². The predicted molar refractivity (Wildman–Crippen MR) is 98.5 cm³/mol. The van der Waals surface area contributed by atoms with E-state index in [1.807, 2.05) is 0 Å². The van der Waals surface area contributed by atoms with Crippen LogP contribution in [0.1, 0.15) is 12.8 Å². The molecule has 29 heavy (non-hydrogen) atoms. The van der Waals surface area contributed by atoms with Crippen LogP contribution in [0.2, 0.25) is 0 Å². The number of nitrogens with one attached hydrogen (secondary N) is 1. The molecule has 2 aromatic heterocycles. The van der Waals surface area contributed by atoms with Gasteiger partial charge in [-0.3, -0.25) is 4.79 Å². The molecule has 1 amide bonds. The second-order valence-electron chi connectivity index (χ2n) is 6.37. The second-order valence-corrected chi connectivity index (χ2v) is 7.37. The number of rotatable bonds is 6. The molecule has 2 heterocycles. The van der Waals surface area contributed by atoms with Gasteiger partial charge in [-0.15, -0.1) is 0 Å². The van der Waals surface area contributed by atoms with Crippen LogP contribution in [0.25, 0.3) is 0 Å². The maximum Gasteiger partial charge on any atom is 0.229 e. The molecule has 0 radical (unpaired) electrons. The first-order valence-electron chi connectivity index (χ1n) is 8.64.